The van der Waals surface area contributed by atoms with Crippen molar-refractivity contribution in [1.29, 1.82) is 0 Å². The predicted molar refractivity (Wildman–Crippen MR) is 123 cm³/mol. The van der Waals surface area contributed by atoms with Crippen LogP contribution in [0.5, 0.6) is 0 Å². The van der Waals surface area contributed by atoms with E-state index in [1.54, 1.807) is 0 Å². The third-order valence-electron chi connectivity index (χ3n) is 11.3. The fraction of sp³-hybridized carbons (Fsp3) is 0.964. The van der Waals surface area contributed by atoms with Gasteiger partial charge >= 0.3 is 0 Å². The number of fused-ring (bicyclic) bond motifs is 5. The Labute approximate surface area is 181 Å². The van der Waals surface area contributed by atoms with Crippen molar-refractivity contribution in [2.45, 2.75) is 112 Å². The van der Waals surface area contributed by atoms with Gasteiger partial charge in [-0.05, 0) is 90.8 Å². The van der Waals surface area contributed by atoms with Crippen molar-refractivity contribution in [2.24, 2.45) is 58.2 Å². The Morgan fingerprint density at radius 3 is 2.38 bits per heavy atom. The molecule has 0 aromatic heterocycles. The maximum Gasteiger partial charge on any atom is 0.137 e. The maximum atomic E-state index is 13.5. The van der Waals surface area contributed by atoms with Gasteiger partial charge in [0.25, 0.3) is 0 Å². The average molecular weight is 401 g/mol. The Morgan fingerprint density at radius 1 is 0.897 bits per heavy atom. The zero-order valence-electron chi connectivity index (χ0n) is 20.3. The average Bonchev–Trinajstić information content (AvgIpc) is 2.96. The zero-order valence-corrected chi connectivity index (χ0v) is 20.3. The van der Waals surface area contributed by atoms with E-state index in [-0.39, 0.29) is 5.41 Å². The molecule has 1 heteroatoms. The van der Waals surface area contributed by atoms with Crippen LogP contribution in [0, 0.1) is 58.2 Å². The Hall–Kier alpha value is -0.330. The predicted octanol–water partition coefficient (Wildman–Crippen LogP) is 7.92. The number of carbonyl (C=O) groups is 1. The lowest BCUT2D eigenvalue weighted by atomic mass is 9.44. The molecule has 0 heterocycles. The molecule has 4 aliphatic carbocycles. The molecule has 0 N–H and O–H groups in total. The second-order valence-electron chi connectivity index (χ2n) is 12.9. The van der Waals surface area contributed by atoms with Crippen LogP contribution in [0.1, 0.15) is 112 Å². The molecule has 0 spiro atoms. The highest BCUT2D eigenvalue weighted by atomic mass is 16.1. The van der Waals surface area contributed by atoms with E-state index in [9.17, 15) is 4.79 Å². The highest BCUT2D eigenvalue weighted by Crippen LogP contribution is 2.67. The van der Waals surface area contributed by atoms with Gasteiger partial charge in [0.2, 0.25) is 0 Å². The summed E-state index contributed by atoms with van der Waals surface area (Å²) in [6, 6.07) is 0. The molecule has 4 saturated carbocycles. The summed E-state index contributed by atoms with van der Waals surface area (Å²) in [6.45, 7) is 14.8. The van der Waals surface area contributed by atoms with E-state index in [1.807, 2.05) is 0 Å². The molecule has 0 saturated heterocycles. The molecule has 4 rings (SSSR count). The molecular formula is C28H48O. The van der Waals surface area contributed by atoms with Gasteiger partial charge in [-0.25, -0.2) is 0 Å². The summed E-state index contributed by atoms with van der Waals surface area (Å²) >= 11 is 0. The first kappa shape index (κ1) is 21.9. The molecule has 0 aromatic rings. The number of rotatable bonds is 5. The third kappa shape index (κ3) is 3.55. The van der Waals surface area contributed by atoms with Gasteiger partial charge in [-0.1, -0.05) is 67.2 Å². The molecule has 9 atom stereocenters. The van der Waals surface area contributed by atoms with Gasteiger partial charge in [-0.2, -0.15) is 0 Å². The minimum atomic E-state index is 0.288. The summed E-state index contributed by atoms with van der Waals surface area (Å²) in [5.74, 6) is 6.44. The molecule has 0 radical (unpaired) electrons. The molecular weight excluding hydrogens is 352 g/mol. The number of ketones is 1. The summed E-state index contributed by atoms with van der Waals surface area (Å²) in [7, 11) is 0. The highest BCUT2D eigenvalue weighted by Gasteiger charge is 2.62. The lowest BCUT2D eigenvalue weighted by molar-refractivity contribution is -0.141. The van der Waals surface area contributed by atoms with Crippen LogP contribution in [0.3, 0.4) is 0 Å². The zero-order chi connectivity index (χ0) is 21.0. The van der Waals surface area contributed by atoms with E-state index >= 15 is 0 Å². The molecule has 29 heavy (non-hydrogen) atoms. The summed E-state index contributed by atoms with van der Waals surface area (Å²) in [4.78, 5) is 13.5. The topological polar surface area (TPSA) is 17.1 Å². The number of hydrogen-bond donors (Lipinski definition) is 0. The smallest absolute Gasteiger partial charge is 0.137 e. The van der Waals surface area contributed by atoms with E-state index in [0.29, 0.717) is 34.9 Å². The van der Waals surface area contributed by atoms with Gasteiger partial charge in [-0.15, -0.1) is 0 Å². The van der Waals surface area contributed by atoms with Crippen LogP contribution in [0.25, 0.3) is 0 Å². The normalized spacial score (nSPS) is 46.7. The highest BCUT2D eigenvalue weighted by molar-refractivity contribution is 5.85. The second kappa shape index (κ2) is 7.98. The van der Waals surface area contributed by atoms with Crippen LogP contribution in [0.2, 0.25) is 0 Å². The van der Waals surface area contributed by atoms with Gasteiger partial charge in [0, 0.05) is 12.3 Å². The number of Topliss-reactive ketones (excluding diaryl/α,β-unsaturated/α-hetero) is 1. The van der Waals surface area contributed by atoms with Gasteiger partial charge < -0.3 is 0 Å². The molecule has 0 aliphatic heterocycles. The van der Waals surface area contributed by atoms with Crippen molar-refractivity contribution in [2.75, 3.05) is 0 Å². The van der Waals surface area contributed by atoms with Gasteiger partial charge in [-0.3, -0.25) is 4.79 Å². The number of carbonyl (C=O) groups excluding carboxylic acids is 1. The summed E-state index contributed by atoms with van der Waals surface area (Å²) in [6.07, 6.45) is 14.8. The standard InChI is InChI=1S/C28H48O/c1-18(2)19(3)10-11-20(4)24-17-25(29)26-22-13-12-21-9-7-8-15-27(21,5)23(22)14-16-28(24,26)6/h18-24,26H,7-17H2,1-6H3/t19-,20+,21?,22+,23-,24+,26+,27-,28+/m0/s1. The summed E-state index contributed by atoms with van der Waals surface area (Å²) in [5.41, 5.74) is 0.829. The van der Waals surface area contributed by atoms with E-state index in [2.05, 4.69) is 41.5 Å². The quantitative estimate of drug-likeness (QED) is 0.458. The Bertz CT molecular complexity index is 607. The molecule has 0 amide bonds. The second-order valence-corrected chi connectivity index (χ2v) is 12.9. The lowest BCUT2D eigenvalue weighted by Gasteiger charge is -2.60. The molecule has 0 aromatic carbocycles. The van der Waals surface area contributed by atoms with Crippen molar-refractivity contribution in [3.63, 3.8) is 0 Å². The molecule has 4 aliphatic rings. The molecule has 1 nitrogen and oxygen atoms in total. The lowest BCUT2D eigenvalue weighted by Crippen LogP contribution is -2.54. The molecule has 166 valence electrons. The van der Waals surface area contributed by atoms with E-state index in [1.165, 1.54) is 64.2 Å². The first-order valence-electron chi connectivity index (χ1n) is 13.2. The van der Waals surface area contributed by atoms with Gasteiger partial charge in [0.15, 0.2) is 0 Å². The third-order valence-corrected chi connectivity index (χ3v) is 11.3. The van der Waals surface area contributed by atoms with Crippen LogP contribution in [-0.2, 0) is 4.79 Å². The van der Waals surface area contributed by atoms with Crippen molar-refractivity contribution in [1.82, 2.24) is 0 Å². The van der Waals surface area contributed by atoms with Crippen LogP contribution >= 0.6 is 0 Å². The van der Waals surface area contributed by atoms with Crippen LogP contribution in [0.15, 0.2) is 0 Å². The fourth-order valence-electron chi connectivity index (χ4n) is 9.04. The molecule has 0 bridgehead atoms. The Balaban J connectivity index is 1.51. The van der Waals surface area contributed by atoms with Crippen LogP contribution < -0.4 is 0 Å². The van der Waals surface area contributed by atoms with Crippen molar-refractivity contribution in [3.05, 3.63) is 0 Å². The van der Waals surface area contributed by atoms with Gasteiger partial charge in [0.05, 0.1) is 0 Å². The number of hydrogen-bond acceptors (Lipinski definition) is 1. The molecule has 1 unspecified atom stereocenters. The SMILES string of the molecule is CC(C)[C@@H](C)CC[C@@H](C)[C@H]1CC(=O)[C@H]2[C@@H]3CCC4CCCC[C@]4(C)[C@H]3CC[C@]12C. The van der Waals surface area contributed by atoms with E-state index in [4.69, 9.17) is 0 Å². The molecule has 4 fully saturated rings. The van der Waals surface area contributed by atoms with Crippen molar-refractivity contribution < 1.29 is 4.79 Å². The van der Waals surface area contributed by atoms with Gasteiger partial charge in [0.1, 0.15) is 5.78 Å². The maximum absolute atomic E-state index is 13.5. The largest absolute Gasteiger partial charge is 0.299 e. The minimum Gasteiger partial charge on any atom is -0.299 e. The van der Waals surface area contributed by atoms with Crippen LogP contribution in [-0.4, -0.2) is 5.78 Å². The Morgan fingerprint density at radius 2 is 1.66 bits per heavy atom. The fourth-order valence-corrected chi connectivity index (χ4v) is 9.04. The summed E-state index contributed by atoms with van der Waals surface area (Å²) < 4.78 is 0. The van der Waals surface area contributed by atoms with Crippen molar-refractivity contribution >= 4 is 5.78 Å². The monoisotopic (exact) mass is 400 g/mol. The first-order chi connectivity index (χ1) is 13.7. The van der Waals surface area contributed by atoms with Crippen molar-refractivity contribution in [3.8, 4) is 0 Å². The van der Waals surface area contributed by atoms with E-state index < -0.39 is 0 Å². The van der Waals surface area contributed by atoms with Crippen LogP contribution in [0.4, 0.5) is 0 Å². The first-order valence-corrected chi connectivity index (χ1v) is 13.2. The van der Waals surface area contributed by atoms with E-state index in [0.717, 1.165) is 30.1 Å². The Kier molecular flexibility index (Phi) is 6.02. The minimum absolute atomic E-state index is 0.288. The summed E-state index contributed by atoms with van der Waals surface area (Å²) in [5, 5.41) is 0.